The first-order chi connectivity index (χ1) is 16.7. The Labute approximate surface area is 203 Å². The maximum absolute atomic E-state index is 13.0. The zero-order valence-electron chi connectivity index (χ0n) is 18.7. The van der Waals surface area contributed by atoms with Crippen molar-refractivity contribution in [2.75, 3.05) is 36.3 Å². The van der Waals surface area contributed by atoms with Crippen LogP contribution in [0.2, 0.25) is 0 Å². The number of amides is 1. The van der Waals surface area contributed by atoms with Crippen LogP contribution in [0.15, 0.2) is 70.7 Å². The lowest BCUT2D eigenvalue weighted by molar-refractivity contribution is 0.0730. The number of benzene rings is 2. The molecular weight excluding hydrogens is 494 g/mol. The number of nitrogens with one attached hydrogen (secondary N) is 2. The van der Waals surface area contributed by atoms with Gasteiger partial charge in [-0.05, 0) is 55.0 Å². The summed E-state index contributed by atoms with van der Waals surface area (Å²) < 4.78 is 59.8. The fraction of sp³-hybridized carbons (Fsp3) is 0.227. The molecule has 1 aromatic heterocycles. The largest absolute Gasteiger partial charge is 0.379 e. The third kappa shape index (κ3) is 5.65. The van der Waals surface area contributed by atoms with E-state index in [1.165, 1.54) is 53.1 Å². The molecule has 2 aromatic carbocycles. The van der Waals surface area contributed by atoms with Crippen LogP contribution in [0.1, 0.15) is 15.9 Å². The Bertz CT molecular complexity index is 1420. The number of nitrogens with zero attached hydrogens (tertiary/aromatic N) is 3. The summed E-state index contributed by atoms with van der Waals surface area (Å²) in [5.74, 6) is -0.583. The van der Waals surface area contributed by atoms with E-state index in [9.17, 15) is 21.6 Å². The SMILES string of the molecule is Cc1ccc(S(=O)(=O)N2CCOCC2)cc1C(=O)Nc1ccc(S(=O)(=O)Nc2ncccn2)cc1. The number of ether oxygens (including phenoxy) is 1. The first kappa shape index (κ1) is 24.7. The van der Waals surface area contributed by atoms with Crippen molar-refractivity contribution in [3.05, 3.63) is 72.1 Å². The Morgan fingerprint density at radius 2 is 1.57 bits per heavy atom. The van der Waals surface area contributed by atoms with E-state index >= 15 is 0 Å². The Kier molecular flexibility index (Phi) is 7.12. The van der Waals surface area contributed by atoms with E-state index in [1.54, 1.807) is 19.1 Å². The average Bonchev–Trinajstić information content (AvgIpc) is 2.85. The van der Waals surface area contributed by atoms with Crippen LogP contribution in [-0.2, 0) is 24.8 Å². The van der Waals surface area contributed by atoms with Crippen molar-refractivity contribution < 1.29 is 26.4 Å². The van der Waals surface area contributed by atoms with Crippen LogP contribution in [0, 0.1) is 6.92 Å². The lowest BCUT2D eigenvalue weighted by Gasteiger charge is -2.26. The van der Waals surface area contributed by atoms with Crippen molar-refractivity contribution in [2.24, 2.45) is 0 Å². The summed E-state index contributed by atoms with van der Waals surface area (Å²) in [5.41, 5.74) is 1.12. The molecule has 0 aliphatic carbocycles. The zero-order valence-corrected chi connectivity index (χ0v) is 20.3. The number of sulfonamides is 2. The molecule has 0 atom stereocenters. The summed E-state index contributed by atoms with van der Waals surface area (Å²) in [7, 11) is -7.68. The van der Waals surface area contributed by atoms with Gasteiger partial charge in [-0.1, -0.05) is 6.07 Å². The molecule has 4 rings (SSSR count). The van der Waals surface area contributed by atoms with Crippen LogP contribution in [0.4, 0.5) is 11.6 Å². The van der Waals surface area contributed by atoms with E-state index in [0.717, 1.165) is 0 Å². The molecule has 1 aliphatic heterocycles. The summed E-state index contributed by atoms with van der Waals surface area (Å²) in [4.78, 5) is 20.6. The topological polar surface area (TPSA) is 148 Å². The maximum atomic E-state index is 13.0. The van der Waals surface area contributed by atoms with Crippen LogP contribution in [0.3, 0.4) is 0 Å². The van der Waals surface area contributed by atoms with Gasteiger partial charge in [-0.25, -0.2) is 31.5 Å². The van der Waals surface area contributed by atoms with Crippen molar-refractivity contribution in [3.8, 4) is 0 Å². The minimum absolute atomic E-state index is 0.0193. The molecule has 13 heteroatoms. The molecule has 11 nitrogen and oxygen atoms in total. The molecule has 0 spiro atoms. The standard InChI is InChI=1S/C22H23N5O6S2/c1-16-3-6-19(35(31,32)27-11-13-33-14-12-27)15-20(16)21(28)25-17-4-7-18(8-5-17)34(29,30)26-22-23-9-2-10-24-22/h2-10,15H,11-14H2,1H3,(H,25,28)(H,23,24,26). The smallest absolute Gasteiger partial charge is 0.264 e. The van der Waals surface area contributed by atoms with Crippen LogP contribution in [-0.4, -0.2) is 63.3 Å². The molecule has 3 aromatic rings. The quantitative estimate of drug-likeness (QED) is 0.483. The van der Waals surface area contributed by atoms with Crippen molar-refractivity contribution in [1.82, 2.24) is 14.3 Å². The number of carbonyl (C=O) groups excluding carboxylic acids is 1. The Morgan fingerprint density at radius 1 is 0.943 bits per heavy atom. The van der Waals surface area contributed by atoms with Gasteiger partial charge in [-0.2, -0.15) is 4.31 Å². The van der Waals surface area contributed by atoms with Gasteiger partial charge in [0, 0.05) is 36.7 Å². The Hall–Kier alpha value is -3.39. The van der Waals surface area contributed by atoms with Crippen molar-refractivity contribution in [3.63, 3.8) is 0 Å². The van der Waals surface area contributed by atoms with Crippen molar-refractivity contribution >= 4 is 37.6 Å². The number of hydrogen-bond acceptors (Lipinski definition) is 8. The maximum Gasteiger partial charge on any atom is 0.264 e. The van der Waals surface area contributed by atoms with Gasteiger partial charge in [0.2, 0.25) is 16.0 Å². The molecule has 2 N–H and O–H groups in total. The monoisotopic (exact) mass is 517 g/mol. The fourth-order valence-electron chi connectivity index (χ4n) is 3.39. The summed E-state index contributed by atoms with van der Waals surface area (Å²) in [6.07, 6.45) is 2.82. The highest BCUT2D eigenvalue weighted by molar-refractivity contribution is 7.92. The summed E-state index contributed by atoms with van der Waals surface area (Å²) in [6.45, 7) is 2.83. The first-order valence-electron chi connectivity index (χ1n) is 10.6. The van der Waals surface area contributed by atoms with E-state index in [0.29, 0.717) is 24.5 Å². The lowest BCUT2D eigenvalue weighted by atomic mass is 10.1. The number of carbonyl (C=O) groups is 1. The second-order valence-electron chi connectivity index (χ2n) is 7.65. The van der Waals surface area contributed by atoms with Crippen LogP contribution >= 0.6 is 0 Å². The van der Waals surface area contributed by atoms with Gasteiger partial charge >= 0.3 is 0 Å². The molecule has 0 unspecified atom stereocenters. The van der Waals surface area contributed by atoms with E-state index in [2.05, 4.69) is 20.0 Å². The Morgan fingerprint density at radius 3 is 2.23 bits per heavy atom. The molecule has 35 heavy (non-hydrogen) atoms. The number of hydrogen-bond donors (Lipinski definition) is 2. The van der Waals surface area contributed by atoms with E-state index in [1.807, 2.05) is 0 Å². The second kappa shape index (κ2) is 10.1. The minimum Gasteiger partial charge on any atom is -0.379 e. The number of anilines is 2. The second-order valence-corrected chi connectivity index (χ2v) is 11.3. The van der Waals surface area contributed by atoms with Gasteiger partial charge in [0.15, 0.2) is 0 Å². The molecule has 1 amide bonds. The first-order valence-corrected chi connectivity index (χ1v) is 13.5. The third-order valence-corrected chi connectivity index (χ3v) is 8.51. The molecule has 1 saturated heterocycles. The highest BCUT2D eigenvalue weighted by Crippen LogP contribution is 2.22. The van der Waals surface area contributed by atoms with Gasteiger partial charge in [0.05, 0.1) is 23.0 Å². The molecule has 1 aliphatic rings. The number of aromatic nitrogens is 2. The number of aryl methyl sites for hydroxylation is 1. The summed E-state index contributed by atoms with van der Waals surface area (Å²) in [5, 5.41) is 2.68. The normalized spacial score (nSPS) is 14.9. The van der Waals surface area contributed by atoms with Crippen LogP contribution < -0.4 is 10.0 Å². The van der Waals surface area contributed by atoms with Gasteiger partial charge in [-0.15, -0.1) is 0 Å². The van der Waals surface area contributed by atoms with E-state index < -0.39 is 26.0 Å². The van der Waals surface area contributed by atoms with E-state index in [-0.39, 0.29) is 34.4 Å². The average molecular weight is 518 g/mol. The summed E-state index contributed by atoms with van der Waals surface area (Å²) in [6, 6.07) is 11.5. The van der Waals surface area contributed by atoms with E-state index in [4.69, 9.17) is 4.74 Å². The summed E-state index contributed by atoms with van der Waals surface area (Å²) >= 11 is 0. The number of rotatable bonds is 7. The molecule has 2 heterocycles. The highest BCUT2D eigenvalue weighted by atomic mass is 32.2. The van der Waals surface area contributed by atoms with Gasteiger partial charge in [0.1, 0.15) is 0 Å². The zero-order chi connectivity index (χ0) is 25.1. The molecular formula is C22H23N5O6S2. The van der Waals surface area contributed by atoms with Gasteiger partial charge < -0.3 is 10.1 Å². The van der Waals surface area contributed by atoms with Crippen molar-refractivity contribution in [2.45, 2.75) is 16.7 Å². The Balaban J connectivity index is 1.50. The fourth-order valence-corrected chi connectivity index (χ4v) is 5.78. The lowest BCUT2D eigenvalue weighted by Crippen LogP contribution is -2.40. The predicted octanol–water partition coefficient (Wildman–Crippen LogP) is 1.86. The highest BCUT2D eigenvalue weighted by Gasteiger charge is 2.27. The molecule has 0 bridgehead atoms. The number of morpholine rings is 1. The predicted molar refractivity (Wildman–Crippen MR) is 128 cm³/mol. The van der Waals surface area contributed by atoms with Gasteiger partial charge in [0.25, 0.3) is 15.9 Å². The van der Waals surface area contributed by atoms with Crippen LogP contribution in [0.5, 0.6) is 0 Å². The minimum atomic E-state index is -3.92. The van der Waals surface area contributed by atoms with Gasteiger partial charge in [-0.3, -0.25) is 4.79 Å². The molecule has 0 saturated carbocycles. The molecule has 184 valence electrons. The molecule has 0 radical (unpaired) electrons. The molecule has 1 fully saturated rings. The third-order valence-electron chi connectivity index (χ3n) is 5.28. The van der Waals surface area contributed by atoms with Crippen LogP contribution in [0.25, 0.3) is 0 Å². The van der Waals surface area contributed by atoms with Crippen molar-refractivity contribution in [1.29, 1.82) is 0 Å².